The van der Waals surface area contributed by atoms with E-state index >= 15 is 0 Å². The number of hydrogen-bond donors (Lipinski definition) is 0. The van der Waals surface area contributed by atoms with Gasteiger partial charge in [-0.2, -0.15) is 0 Å². The molecule has 1 fully saturated rings. The molecule has 13 heavy (non-hydrogen) atoms. The van der Waals surface area contributed by atoms with E-state index in [1.165, 1.54) is 37.7 Å². The molecule has 2 aliphatic rings. The van der Waals surface area contributed by atoms with Gasteiger partial charge in [0.1, 0.15) is 0 Å². The molecule has 1 saturated carbocycles. The highest BCUT2D eigenvalue weighted by atomic mass is 16.5. The molecule has 0 bridgehead atoms. The molecule has 0 amide bonds. The van der Waals surface area contributed by atoms with Crippen LogP contribution in [0.15, 0.2) is 24.3 Å². The summed E-state index contributed by atoms with van der Waals surface area (Å²) in [5.74, 6) is 0. The second-order valence-electron chi connectivity index (χ2n) is 4.22. The van der Waals surface area contributed by atoms with Gasteiger partial charge in [0.25, 0.3) is 0 Å². The summed E-state index contributed by atoms with van der Waals surface area (Å²) >= 11 is 0. The second kappa shape index (κ2) is 3.67. The average molecular weight is 178 g/mol. The quantitative estimate of drug-likeness (QED) is 0.599. The van der Waals surface area contributed by atoms with Crippen molar-refractivity contribution in [2.75, 3.05) is 6.61 Å². The average Bonchev–Trinajstić information content (AvgIpc) is 2.20. The summed E-state index contributed by atoms with van der Waals surface area (Å²) in [6, 6.07) is 0. The van der Waals surface area contributed by atoms with Crippen molar-refractivity contribution < 1.29 is 4.74 Å². The Bertz CT molecular complexity index is 221. The van der Waals surface area contributed by atoms with Crippen LogP contribution in [0, 0.1) is 0 Å². The highest BCUT2D eigenvalue weighted by Crippen LogP contribution is 2.37. The summed E-state index contributed by atoms with van der Waals surface area (Å²) < 4.78 is 5.97. The van der Waals surface area contributed by atoms with Crippen molar-refractivity contribution in [3.8, 4) is 0 Å². The highest BCUT2D eigenvalue weighted by molar-refractivity contribution is 5.20. The maximum atomic E-state index is 5.97. The van der Waals surface area contributed by atoms with Gasteiger partial charge in [-0.3, -0.25) is 0 Å². The fraction of sp³-hybridized carbons (Fsp3) is 0.667. The van der Waals surface area contributed by atoms with Gasteiger partial charge in [0.2, 0.25) is 0 Å². The summed E-state index contributed by atoms with van der Waals surface area (Å²) in [6.45, 7) is 4.55. The molecular weight excluding hydrogens is 160 g/mol. The van der Waals surface area contributed by atoms with Crippen LogP contribution in [-0.2, 0) is 4.74 Å². The standard InChI is InChI=1S/C12H18O/c1-2-11-6-9-12(13-10-11)7-4-3-5-8-12/h2,6H,1,3-5,7-10H2. The molecule has 0 unspecified atom stereocenters. The summed E-state index contributed by atoms with van der Waals surface area (Å²) in [5.41, 5.74) is 1.47. The van der Waals surface area contributed by atoms with Gasteiger partial charge in [0.05, 0.1) is 12.2 Å². The van der Waals surface area contributed by atoms with Crippen LogP contribution in [0.5, 0.6) is 0 Å². The zero-order valence-electron chi connectivity index (χ0n) is 8.22. The van der Waals surface area contributed by atoms with Gasteiger partial charge < -0.3 is 4.74 Å². The lowest BCUT2D eigenvalue weighted by atomic mass is 9.80. The molecule has 0 radical (unpaired) electrons. The van der Waals surface area contributed by atoms with E-state index in [2.05, 4.69) is 12.7 Å². The van der Waals surface area contributed by atoms with Crippen molar-refractivity contribution in [3.63, 3.8) is 0 Å². The Morgan fingerprint density at radius 3 is 2.62 bits per heavy atom. The summed E-state index contributed by atoms with van der Waals surface area (Å²) in [5, 5.41) is 0. The van der Waals surface area contributed by atoms with Crippen LogP contribution in [0.25, 0.3) is 0 Å². The van der Waals surface area contributed by atoms with Crippen LogP contribution in [-0.4, -0.2) is 12.2 Å². The van der Waals surface area contributed by atoms with Crippen molar-refractivity contribution >= 4 is 0 Å². The van der Waals surface area contributed by atoms with Gasteiger partial charge in [0.15, 0.2) is 0 Å². The van der Waals surface area contributed by atoms with Crippen molar-refractivity contribution in [3.05, 3.63) is 24.3 Å². The molecule has 1 spiro atoms. The largest absolute Gasteiger partial charge is 0.370 e. The van der Waals surface area contributed by atoms with E-state index in [1.807, 2.05) is 6.08 Å². The van der Waals surface area contributed by atoms with E-state index in [-0.39, 0.29) is 5.60 Å². The normalized spacial score (nSPS) is 26.9. The number of ether oxygens (including phenoxy) is 1. The maximum Gasteiger partial charge on any atom is 0.0721 e. The zero-order chi connectivity index (χ0) is 9.15. The van der Waals surface area contributed by atoms with Crippen LogP contribution in [0.3, 0.4) is 0 Å². The molecule has 0 atom stereocenters. The first-order valence-corrected chi connectivity index (χ1v) is 5.30. The fourth-order valence-electron chi connectivity index (χ4n) is 2.36. The minimum absolute atomic E-state index is 0.213. The molecule has 0 aromatic heterocycles. The molecule has 2 rings (SSSR count). The third-order valence-corrected chi connectivity index (χ3v) is 3.31. The lowest BCUT2D eigenvalue weighted by Gasteiger charge is -2.39. The highest BCUT2D eigenvalue weighted by Gasteiger charge is 2.33. The van der Waals surface area contributed by atoms with E-state index in [0.717, 1.165) is 13.0 Å². The first-order chi connectivity index (χ1) is 6.35. The van der Waals surface area contributed by atoms with Crippen molar-refractivity contribution in [2.24, 2.45) is 0 Å². The summed E-state index contributed by atoms with van der Waals surface area (Å²) in [6.07, 6.45) is 11.9. The molecule has 0 saturated heterocycles. The molecule has 0 aromatic rings. The molecule has 72 valence electrons. The molecule has 1 heteroatoms. The molecule has 1 nitrogen and oxygen atoms in total. The Morgan fingerprint density at radius 1 is 1.31 bits per heavy atom. The van der Waals surface area contributed by atoms with Gasteiger partial charge in [0, 0.05) is 0 Å². The minimum Gasteiger partial charge on any atom is -0.370 e. The molecule has 0 N–H and O–H groups in total. The summed E-state index contributed by atoms with van der Waals surface area (Å²) in [4.78, 5) is 0. The monoisotopic (exact) mass is 178 g/mol. The Morgan fingerprint density at radius 2 is 2.08 bits per heavy atom. The zero-order valence-corrected chi connectivity index (χ0v) is 8.22. The molecular formula is C12H18O. The topological polar surface area (TPSA) is 9.23 Å². The van der Waals surface area contributed by atoms with Crippen molar-refractivity contribution in [1.29, 1.82) is 0 Å². The van der Waals surface area contributed by atoms with Crippen molar-refractivity contribution in [1.82, 2.24) is 0 Å². The van der Waals surface area contributed by atoms with Gasteiger partial charge >= 0.3 is 0 Å². The lowest BCUT2D eigenvalue weighted by molar-refractivity contribution is -0.0644. The molecule has 0 aromatic carbocycles. The number of hydrogen-bond acceptors (Lipinski definition) is 1. The van der Waals surface area contributed by atoms with Gasteiger partial charge in [-0.1, -0.05) is 38.0 Å². The van der Waals surface area contributed by atoms with E-state index in [9.17, 15) is 0 Å². The van der Waals surface area contributed by atoms with Crippen molar-refractivity contribution in [2.45, 2.75) is 44.1 Å². The van der Waals surface area contributed by atoms with Crippen LogP contribution in [0.2, 0.25) is 0 Å². The van der Waals surface area contributed by atoms with E-state index in [0.29, 0.717) is 0 Å². The predicted octanol–water partition coefficient (Wildman–Crippen LogP) is 3.22. The number of rotatable bonds is 1. The first-order valence-electron chi connectivity index (χ1n) is 5.30. The maximum absolute atomic E-state index is 5.97. The molecule has 1 aliphatic heterocycles. The molecule has 1 aliphatic carbocycles. The van der Waals surface area contributed by atoms with Gasteiger partial charge in [-0.25, -0.2) is 0 Å². The summed E-state index contributed by atoms with van der Waals surface area (Å²) in [7, 11) is 0. The fourth-order valence-corrected chi connectivity index (χ4v) is 2.36. The predicted molar refractivity (Wildman–Crippen MR) is 54.7 cm³/mol. The second-order valence-corrected chi connectivity index (χ2v) is 4.22. The lowest BCUT2D eigenvalue weighted by Crippen LogP contribution is -2.37. The van der Waals surface area contributed by atoms with Gasteiger partial charge in [-0.05, 0) is 24.8 Å². The molecule has 1 heterocycles. The van der Waals surface area contributed by atoms with Crippen LogP contribution < -0.4 is 0 Å². The Balaban J connectivity index is 2.02. The van der Waals surface area contributed by atoms with Crippen LogP contribution >= 0.6 is 0 Å². The first kappa shape index (κ1) is 9.01. The minimum atomic E-state index is 0.213. The van der Waals surface area contributed by atoms with Crippen LogP contribution in [0.1, 0.15) is 38.5 Å². The Hall–Kier alpha value is -0.560. The van der Waals surface area contributed by atoms with E-state index in [4.69, 9.17) is 4.74 Å². The SMILES string of the molecule is C=CC1=CCC2(CCCCC2)OC1. The Labute approximate surface area is 80.5 Å². The van der Waals surface area contributed by atoms with E-state index in [1.54, 1.807) is 0 Å². The van der Waals surface area contributed by atoms with Crippen LogP contribution in [0.4, 0.5) is 0 Å². The third-order valence-electron chi connectivity index (χ3n) is 3.31. The van der Waals surface area contributed by atoms with Gasteiger partial charge in [-0.15, -0.1) is 0 Å². The third kappa shape index (κ3) is 1.86. The Kier molecular flexibility index (Phi) is 2.54. The smallest absolute Gasteiger partial charge is 0.0721 e. The van der Waals surface area contributed by atoms with E-state index < -0.39 is 0 Å².